The third-order valence-corrected chi connectivity index (χ3v) is 4.35. The molecule has 0 bridgehead atoms. The standard InChI is InChI=1S/C18H20N4O2.ClH/c1-20-17(23)16-8-7-13(9-21-16)18(24)22-10-14(15(19)11-22)12-5-3-2-4-6-12;/h2-9,14-15H,10-11,19H2,1H3,(H,20,23);1H/t14-,15+;/m0./s1. The number of nitrogens with one attached hydrogen (secondary N) is 1. The van der Waals surface area contributed by atoms with E-state index in [1.165, 1.54) is 6.20 Å². The Morgan fingerprint density at radius 3 is 2.48 bits per heavy atom. The van der Waals surface area contributed by atoms with Crippen LogP contribution in [-0.2, 0) is 0 Å². The van der Waals surface area contributed by atoms with Gasteiger partial charge in [0.05, 0.1) is 5.56 Å². The monoisotopic (exact) mass is 360 g/mol. The van der Waals surface area contributed by atoms with Crippen molar-refractivity contribution in [1.29, 1.82) is 0 Å². The fraction of sp³-hybridized carbons (Fsp3) is 0.278. The molecule has 3 N–H and O–H groups in total. The van der Waals surface area contributed by atoms with Crippen LogP contribution in [0.1, 0.15) is 32.3 Å². The summed E-state index contributed by atoms with van der Waals surface area (Å²) < 4.78 is 0. The lowest BCUT2D eigenvalue weighted by molar-refractivity contribution is 0.0787. The molecule has 132 valence electrons. The molecule has 2 amide bonds. The summed E-state index contributed by atoms with van der Waals surface area (Å²) in [5.74, 6) is -0.255. The Hall–Kier alpha value is -2.44. The van der Waals surface area contributed by atoms with Crippen molar-refractivity contribution in [3.05, 3.63) is 65.5 Å². The smallest absolute Gasteiger partial charge is 0.269 e. The number of carbonyl (C=O) groups excluding carboxylic acids is 2. The fourth-order valence-electron chi connectivity index (χ4n) is 3.01. The summed E-state index contributed by atoms with van der Waals surface area (Å²) in [6.45, 7) is 1.09. The molecule has 1 saturated heterocycles. The summed E-state index contributed by atoms with van der Waals surface area (Å²) in [5.41, 5.74) is 8.13. The summed E-state index contributed by atoms with van der Waals surface area (Å²) in [7, 11) is 1.54. The number of carbonyl (C=O) groups is 2. The van der Waals surface area contributed by atoms with Crippen LogP contribution in [-0.4, -0.2) is 47.9 Å². The third-order valence-electron chi connectivity index (χ3n) is 4.35. The minimum Gasteiger partial charge on any atom is -0.354 e. The van der Waals surface area contributed by atoms with Crippen molar-refractivity contribution in [3.8, 4) is 0 Å². The molecule has 1 aliphatic rings. The number of nitrogens with two attached hydrogens (primary N) is 1. The quantitative estimate of drug-likeness (QED) is 0.866. The molecule has 1 aromatic carbocycles. The van der Waals surface area contributed by atoms with Crippen molar-refractivity contribution in [2.75, 3.05) is 20.1 Å². The number of hydrogen-bond donors (Lipinski definition) is 2. The largest absolute Gasteiger partial charge is 0.354 e. The van der Waals surface area contributed by atoms with Crippen LogP contribution in [0.4, 0.5) is 0 Å². The summed E-state index contributed by atoms with van der Waals surface area (Å²) >= 11 is 0. The SMILES string of the molecule is CNC(=O)c1ccc(C(=O)N2C[C@@H](N)[C@H](c3ccccc3)C2)cn1.Cl. The number of aromatic nitrogens is 1. The molecule has 0 spiro atoms. The van der Waals surface area contributed by atoms with Gasteiger partial charge in [-0.3, -0.25) is 14.6 Å². The van der Waals surface area contributed by atoms with E-state index < -0.39 is 0 Å². The van der Waals surface area contributed by atoms with Gasteiger partial charge in [-0.1, -0.05) is 30.3 Å². The maximum Gasteiger partial charge on any atom is 0.269 e. The van der Waals surface area contributed by atoms with Crippen LogP contribution in [0.5, 0.6) is 0 Å². The molecular formula is C18H21ClN4O2. The highest BCUT2D eigenvalue weighted by atomic mass is 35.5. The van der Waals surface area contributed by atoms with Gasteiger partial charge in [-0.25, -0.2) is 0 Å². The van der Waals surface area contributed by atoms with Crippen molar-refractivity contribution in [1.82, 2.24) is 15.2 Å². The van der Waals surface area contributed by atoms with E-state index in [4.69, 9.17) is 5.73 Å². The molecule has 25 heavy (non-hydrogen) atoms. The Labute approximate surface area is 152 Å². The van der Waals surface area contributed by atoms with Crippen LogP contribution >= 0.6 is 12.4 Å². The summed E-state index contributed by atoms with van der Waals surface area (Å²) in [5, 5.41) is 2.50. The Balaban J connectivity index is 0.00000225. The van der Waals surface area contributed by atoms with Gasteiger partial charge in [-0.05, 0) is 17.7 Å². The zero-order valence-electron chi connectivity index (χ0n) is 13.9. The van der Waals surface area contributed by atoms with Gasteiger partial charge in [0.1, 0.15) is 5.69 Å². The molecule has 0 saturated carbocycles. The molecule has 2 heterocycles. The molecular weight excluding hydrogens is 340 g/mol. The Kier molecular flexibility index (Phi) is 6.12. The Bertz CT molecular complexity index is 737. The molecule has 1 aliphatic heterocycles. The lowest BCUT2D eigenvalue weighted by Gasteiger charge is -2.16. The highest BCUT2D eigenvalue weighted by Gasteiger charge is 2.34. The molecule has 2 aromatic rings. The summed E-state index contributed by atoms with van der Waals surface area (Å²) in [4.78, 5) is 30.0. The number of likely N-dealkylation sites (tertiary alicyclic amines) is 1. The second-order valence-electron chi connectivity index (χ2n) is 5.90. The van der Waals surface area contributed by atoms with Gasteiger partial charge in [0.15, 0.2) is 0 Å². The topological polar surface area (TPSA) is 88.3 Å². The summed E-state index contributed by atoms with van der Waals surface area (Å²) in [6.07, 6.45) is 1.44. The lowest BCUT2D eigenvalue weighted by Crippen LogP contribution is -2.32. The first-order valence-corrected chi connectivity index (χ1v) is 7.88. The number of benzene rings is 1. The van der Waals surface area contributed by atoms with E-state index in [1.807, 2.05) is 30.3 Å². The van der Waals surface area contributed by atoms with Gasteiger partial charge in [0.2, 0.25) is 0 Å². The molecule has 2 atom stereocenters. The molecule has 0 radical (unpaired) electrons. The fourth-order valence-corrected chi connectivity index (χ4v) is 3.01. The van der Waals surface area contributed by atoms with Crippen LogP contribution in [0.15, 0.2) is 48.7 Å². The van der Waals surface area contributed by atoms with E-state index >= 15 is 0 Å². The molecule has 7 heteroatoms. The average molecular weight is 361 g/mol. The van der Waals surface area contributed by atoms with Crippen LogP contribution < -0.4 is 11.1 Å². The first-order valence-electron chi connectivity index (χ1n) is 7.88. The van der Waals surface area contributed by atoms with Crippen molar-refractivity contribution < 1.29 is 9.59 Å². The van der Waals surface area contributed by atoms with Crippen LogP contribution in [0.25, 0.3) is 0 Å². The molecule has 0 aliphatic carbocycles. The predicted molar refractivity (Wildman–Crippen MR) is 97.9 cm³/mol. The number of halogens is 1. The van der Waals surface area contributed by atoms with Crippen molar-refractivity contribution in [2.45, 2.75) is 12.0 Å². The minimum atomic E-state index is -0.277. The van der Waals surface area contributed by atoms with Crippen molar-refractivity contribution in [3.63, 3.8) is 0 Å². The Morgan fingerprint density at radius 2 is 1.88 bits per heavy atom. The number of nitrogens with zero attached hydrogens (tertiary/aromatic N) is 2. The molecule has 0 unspecified atom stereocenters. The van der Waals surface area contributed by atoms with Gasteiger partial charge in [-0.2, -0.15) is 0 Å². The van der Waals surface area contributed by atoms with Crippen molar-refractivity contribution in [2.24, 2.45) is 5.73 Å². The second kappa shape index (κ2) is 8.09. The van der Waals surface area contributed by atoms with Crippen LogP contribution in [0.2, 0.25) is 0 Å². The van der Waals surface area contributed by atoms with Crippen molar-refractivity contribution >= 4 is 24.2 Å². The van der Waals surface area contributed by atoms with E-state index in [0.29, 0.717) is 18.7 Å². The van der Waals surface area contributed by atoms with E-state index in [9.17, 15) is 9.59 Å². The maximum atomic E-state index is 12.6. The Morgan fingerprint density at radius 1 is 1.16 bits per heavy atom. The highest BCUT2D eigenvalue weighted by Crippen LogP contribution is 2.27. The minimum absolute atomic E-state index is 0. The number of rotatable bonds is 3. The van der Waals surface area contributed by atoms with Crippen LogP contribution in [0.3, 0.4) is 0 Å². The zero-order chi connectivity index (χ0) is 17.1. The molecule has 1 aromatic heterocycles. The van der Waals surface area contributed by atoms with Gasteiger partial charge < -0.3 is 16.0 Å². The summed E-state index contributed by atoms with van der Waals surface area (Å²) in [6, 6.07) is 13.1. The predicted octanol–water partition coefficient (Wildman–Crippen LogP) is 1.43. The van der Waals surface area contributed by atoms with Gasteiger partial charge in [-0.15, -0.1) is 12.4 Å². The average Bonchev–Trinajstić information content (AvgIpc) is 3.03. The number of pyridine rings is 1. The first kappa shape index (κ1) is 18.9. The van der Waals surface area contributed by atoms with Gasteiger partial charge in [0.25, 0.3) is 11.8 Å². The van der Waals surface area contributed by atoms with E-state index in [0.717, 1.165) is 5.56 Å². The lowest BCUT2D eigenvalue weighted by atomic mass is 9.95. The normalized spacial score (nSPS) is 19.2. The molecule has 6 nitrogen and oxygen atoms in total. The van der Waals surface area contributed by atoms with E-state index in [1.54, 1.807) is 24.1 Å². The van der Waals surface area contributed by atoms with Crippen LogP contribution in [0, 0.1) is 0 Å². The van der Waals surface area contributed by atoms with E-state index in [-0.39, 0.29) is 41.9 Å². The number of hydrogen-bond acceptors (Lipinski definition) is 4. The van der Waals surface area contributed by atoms with Gasteiger partial charge in [0, 0.05) is 38.3 Å². The van der Waals surface area contributed by atoms with E-state index in [2.05, 4.69) is 10.3 Å². The zero-order valence-corrected chi connectivity index (χ0v) is 14.7. The highest BCUT2D eigenvalue weighted by molar-refractivity contribution is 5.96. The second-order valence-corrected chi connectivity index (χ2v) is 5.90. The molecule has 1 fully saturated rings. The van der Waals surface area contributed by atoms with Gasteiger partial charge >= 0.3 is 0 Å². The molecule has 3 rings (SSSR count). The number of amides is 2. The maximum absolute atomic E-state index is 12.6. The first-order chi connectivity index (χ1) is 11.6. The third kappa shape index (κ3) is 3.97.